The molecule has 0 saturated carbocycles. The minimum absolute atomic E-state index is 0.0785. The summed E-state index contributed by atoms with van der Waals surface area (Å²) in [6.07, 6.45) is 0.587. The number of benzene rings is 1. The van der Waals surface area contributed by atoms with E-state index in [4.69, 9.17) is 0 Å². The highest BCUT2D eigenvalue weighted by Crippen LogP contribution is 2.24. The van der Waals surface area contributed by atoms with Crippen molar-refractivity contribution in [2.75, 3.05) is 26.2 Å². The molecular weight excluding hydrogens is 398 g/mol. The number of nitrogens with one attached hydrogen (secondary N) is 1. The van der Waals surface area contributed by atoms with Crippen LogP contribution in [0.1, 0.15) is 28.2 Å². The number of rotatable bonds is 3. The summed E-state index contributed by atoms with van der Waals surface area (Å²) in [7, 11) is -3.64. The van der Waals surface area contributed by atoms with Crippen LogP contribution < -0.4 is 0 Å². The molecule has 2 aromatic heterocycles. The highest BCUT2D eigenvalue weighted by molar-refractivity contribution is 7.89. The van der Waals surface area contributed by atoms with Crippen LogP contribution in [-0.4, -0.2) is 64.9 Å². The Labute approximate surface area is 167 Å². The number of carbonyl (C=O) groups excluding carboxylic acids is 1. The smallest absolute Gasteiger partial charge is 0.253 e. The lowest BCUT2D eigenvalue weighted by atomic mass is 10.2. The molecule has 28 heavy (non-hydrogen) atoms. The Morgan fingerprint density at radius 2 is 2.00 bits per heavy atom. The molecule has 1 fully saturated rings. The largest absolute Gasteiger partial charge is 0.337 e. The second kappa shape index (κ2) is 7.26. The molecule has 1 aliphatic heterocycles. The van der Waals surface area contributed by atoms with Gasteiger partial charge in [-0.15, -0.1) is 11.3 Å². The Bertz CT molecular complexity index is 1120. The van der Waals surface area contributed by atoms with Gasteiger partial charge in [-0.1, -0.05) is 0 Å². The van der Waals surface area contributed by atoms with E-state index in [1.54, 1.807) is 30.3 Å². The van der Waals surface area contributed by atoms with Gasteiger partial charge >= 0.3 is 0 Å². The normalized spacial score (nSPS) is 16.4. The lowest BCUT2D eigenvalue weighted by Crippen LogP contribution is -2.37. The zero-order valence-electron chi connectivity index (χ0n) is 15.7. The standard InChI is InChI=1S/C18H21N5O3S2/c1-12-17(13(2)21-20-12)28(25,26)23-7-3-6-22(8-9-23)18(24)14-4-5-15-16(10-14)27-11-19-15/h4-5,10-11H,3,6-9H2,1-2H3,(H,20,21). The molecule has 10 heteroatoms. The predicted octanol–water partition coefficient (Wildman–Crippen LogP) is 2.17. The lowest BCUT2D eigenvalue weighted by molar-refractivity contribution is 0.0764. The van der Waals surface area contributed by atoms with Crippen molar-refractivity contribution in [1.82, 2.24) is 24.4 Å². The summed E-state index contributed by atoms with van der Waals surface area (Å²) < 4.78 is 28.6. The van der Waals surface area contributed by atoms with Gasteiger partial charge in [0.25, 0.3) is 5.91 Å². The van der Waals surface area contributed by atoms with E-state index in [1.165, 1.54) is 15.6 Å². The van der Waals surface area contributed by atoms with Gasteiger partial charge in [0.05, 0.1) is 27.1 Å². The van der Waals surface area contributed by atoms with Gasteiger partial charge < -0.3 is 4.90 Å². The molecule has 0 bridgehead atoms. The second-order valence-corrected chi connectivity index (χ2v) is 9.61. The third-order valence-corrected chi connectivity index (χ3v) is 7.93. The van der Waals surface area contributed by atoms with E-state index in [-0.39, 0.29) is 17.3 Å². The van der Waals surface area contributed by atoms with Crippen molar-refractivity contribution in [3.05, 3.63) is 40.7 Å². The molecule has 1 N–H and O–H groups in total. The Hall–Kier alpha value is -2.30. The maximum Gasteiger partial charge on any atom is 0.253 e. The molecule has 0 aliphatic carbocycles. The molecule has 0 radical (unpaired) electrons. The van der Waals surface area contributed by atoms with Crippen molar-refractivity contribution in [1.29, 1.82) is 0 Å². The molecule has 1 amide bonds. The molecule has 3 heterocycles. The lowest BCUT2D eigenvalue weighted by Gasteiger charge is -2.22. The van der Waals surface area contributed by atoms with Crippen molar-refractivity contribution in [3.8, 4) is 0 Å². The fourth-order valence-corrected chi connectivity index (χ4v) is 6.08. The van der Waals surface area contributed by atoms with Gasteiger partial charge in [-0.2, -0.15) is 9.40 Å². The number of H-pyrrole nitrogens is 1. The third-order valence-electron chi connectivity index (χ3n) is 4.98. The maximum absolute atomic E-state index is 13.1. The van der Waals surface area contributed by atoms with E-state index in [1.807, 2.05) is 12.1 Å². The third kappa shape index (κ3) is 3.31. The fourth-order valence-electron chi connectivity index (χ4n) is 3.56. The molecule has 0 atom stereocenters. The van der Waals surface area contributed by atoms with Crippen LogP contribution in [0.2, 0.25) is 0 Å². The van der Waals surface area contributed by atoms with E-state index in [0.717, 1.165) is 10.2 Å². The van der Waals surface area contributed by atoms with E-state index in [0.29, 0.717) is 43.0 Å². The Morgan fingerprint density at radius 3 is 2.75 bits per heavy atom. The first-order valence-corrected chi connectivity index (χ1v) is 11.3. The molecule has 0 unspecified atom stereocenters. The molecular formula is C18H21N5O3S2. The highest BCUT2D eigenvalue weighted by atomic mass is 32.2. The number of sulfonamides is 1. The minimum Gasteiger partial charge on any atom is -0.337 e. The number of hydrogen-bond acceptors (Lipinski definition) is 6. The predicted molar refractivity (Wildman–Crippen MR) is 107 cm³/mol. The van der Waals surface area contributed by atoms with E-state index in [9.17, 15) is 13.2 Å². The molecule has 3 aromatic rings. The van der Waals surface area contributed by atoms with Gasteiger partial charge in [0.2, 0.25) is 10.0 Å². The Kier molecular flexibility index (Phi) is 4.94. The summed E-state index contributed by atoms with van der Waals surface area (Å²) in [4.78, 5) is 19.1. The summed E-state index contributed by atoms with van der Waals surface area (Å²) >= 11 is 1.50. The number of nitrogens with zero attached hydrogens (tertiary/aromatic N) is 4. The number of aromatic amines is 1. The average Bonchev–Trinajstić information content (AvgIpc) is 3.17. The molecule has 0 spiro atoms. The van der Waals surface area contributed by atoms with Crippen LogP contribution in [0, 0.1) is 13.8 Å². The maximum atomic E-state index is 13.1. The number of carbonyl (C=O) groups is 1. The van der Waals surface area contributed by atoms with E-state index in [2.05, 4.69) is 15.2 Å². The first-order chi connectivity index (χ1) is 13.4. The molecule has 8 nitrogen and oxygen atoms in total. The van der Waals surface area contributed by atoms with Crippen LogP contribution in [0.5, 0.6) is 0 Å². The second-order valence-electron chi connectivity index (χ2n) is 6.85. The summed E-state index contributed by atoms with van der Waals surface area (Å²) in [6.45, 7) is 4.91. The van der Waals surface area contributed by atoms with Crippen LogP contribution in [-0.2, 0) is 10.0 Å². The summed E-state index contributed by atoms with van der Waals surface area (Å²) in [5, 5.41) is 6.74. The van der Waals surface area contributed by atoms with Gasteiger partial charge in [-0.25, -0.2) is 13.4 Å². The average molecular weight is 420 g/mol. The molecule has 1 aliphatic rings. The molecule has 1 saturated heterocycles. The monoisotopic (exact) mass is 419 g/mol. The number of aromatic nitrogens is 3. The van der Waals surface area contributed by atoms with Crippen LogP contribution in [0.4, 0.5) is 0 Å². The zero-order chi connectivity index (χ0) is 19.9. The van der Waals surface area contributed by atoms with E-state index >= 15 is 0 Å². The van der Waals surface area contributed by atoms with Crippen molar-refractivity contribution in [3.63, 3.8) is 0 Å². The van der Waals surface area contributed by atoms with Crippen molar-refractivity contribution in [2.24, 2.45) is 0 Å². The van der Waals surface area contributed by atoms with Crippen LogP contribution >= 0.6 is 11.3 Å². The Morgan fingerprint density at radius 1 is 1.18 bits per heavy atom. The minimum atomic E-state index is -3.64. The summed E-state index contributed by atoms with van der Waals surface area (Å²) in [5.74, 6) is -0.0785. The quantitative estimate of drug-likeness (QED) is 0.701. The van der Waals surface area contributed by atoms with Gasteiger partial charge in [0.15, 0.2) is 0 Å². The highest BCUT2D eigenvalue weighted by Gasteiger charge is 2.32. The van der Waals surface area contributed by atoms with Crippen molar-refractivity contribution in [2.45, 2.75) is 25.2 Å². The van der Waals surface area contributed by atoms with Gasteiger partial charge in [-0.05, 0) is 38.5 Å². The van der Waals surface area contributed by atoms with Crippen LogP contribution in [0.15, 0.2) is 28.6 Å². The van der Waals surface area contributed by atoms with Gasteiger partial charge in [0.1, 0.15) is 4.90 Å². The summed E-state index contributed by atoms with van der Waals surface area (Å²) in [6, 6.07) is 5.48. The van der Waals surface area contributed by atoms with Crippen LogP contribution in [0.25, 0.3) is 10.2 Å². The van der Waals surface area contributed by atoms with Crippen LogP contribution in [0.3, 0.4) is 0 Å². The summed E-state index contributed by atoms with van der Waals surface area (Å²) in [5.41, 5.74) is 4.24. The molecule has 1 aromatic carbocycles. The number of hydrogen-bond donors (Lipinski definition) is 1. The van der Waals surface area contributed by atoms with Gasteiger partial charge in [-0.3, -0.25) is 9.89 Å². The fraction of sp³-hybridized carbons (Fsp3) is 0.389. The van der Waals surface area contributed by atoms with Crippen molar-refractivity contribution >= 4 is 37.5 Å². The number of amides is 1. The molecule has 148 valence electrons. The first kappa shape index (κ1) is 19.0. The van der Waals surface area contributed by atoms with Gasteiger partial charge in [0, 0.05) is 31.7 Å². The number of thiazole rings is 1. The zero-order valence-corrected chi connectivity index (χ0v) is 17.3. The molecule has 4 rings (SSSR count). The Balaban J connectivity index is 1.52. The number of aryl methyl sites for hydroxylation is 2. The van der Waals surface area contributed by atoms with E-state index < -0.39 is 10.0 Å². The SMILES string of the molecule is Cc1n[nH]c(C)c1S(=O)(=O)N1CCCN(C(=O)c2ccc3ncsc3c2)CC1. The number of fused-ring (bicyclic) bond motifs is 1. The topological polar surface area (TPSA) is 99.3 Å². The first-order valence-electron chi connectivity index (χ1n) is 9.02. The van der Waals surface area contributed by atoms with Crippen molar-refractivity contribution < 1.29 is 13.2 Å².